The first-order valence-electron chi connectivity index (χ1n) is 22.1. The highest BCUT2D eigenvalue weighted by Crippen LogP contribution is 2.51. The Hall–Kier alpha value is -7.80. The van der Waals surface area contributed by atoms with Crippen molar-refractivity contribution in [3.8, 4) is 77.9 Å². The summed E-state index contributed by atoms with van der Waals surface area (Å²) in [6, 6.07) is 85.4. The maximum Gasteiger partial charge on any atom is 0.0159 e. The summed E-state index contributed by atoms with van der Waals surface area (Å²) in [6.45, 7) is 4.76. The van der Waals surface area contributed by atoms with E-state index >= 15 is 0 Å². The summed E-state index contributed by atoms with van der Waals surface area (Å²) in [5.74, 6) is 0. The summed E-state index contributed by atoms with van der Waals surface area (Å²) >= 11 is 0. The van der Waals surface area contributed by atoms with Crippen LogP contribution >= 0.6 is 0 Å². The SMILES string of the molecule is CC1(C)c2cc(-c3ccccc3)ccc2-c2ccc(-c3cccc(-c4c5ccccc5c(-c5cccc(-c6ccc7ccccc7c6-c6ccccc6)c5)c5ccccc45)c3)cc21. The Morgan fingerprint density at radius 1 is 0.238 bits per heavy atom. The van der Waals surface area contributed by atoms with Gasteiger partial charge < -0.3 is 0 Å². The molecule has 0 N–H and O–H groups in total. The fourth-order valence-corrected chi connectivity index (χ4v) is 10.6. The van der Waals surface area contributed by atoms with Crippen LogP contribution in [0.1, 0.15) is 25.0 Å². The average molecular weight is 801 g/mol. The van der Waals surface area contributed by atoms with Crippen molar-refractivity contribution < 1.29 is 0 Å². The van der Waals surface area contributed by atoms with Crippen molar-refractivity contribution in [1.82, 2.24) is 0 Å². The molecule has 0 heteroatoms. The second kappa shape index (κ2) is 14.7. The summed E-state index contributed by atoms with van der Waals surface area (Å²) < 4.78 is 0. The normalized spacial score (nSPS) is 12.7. The monoisotopic (exact) mass is 800 g/mol. The van der Waals surface area contributed by atoms with E-state index < -0.39 is 0 Å². The lowest BCUT2D eigenvalue weighted by Crippen LogP contribution is -2.15. The van der Waals surface area contributed by atoms with Crippen LogP contribution in [0.3, 0.4) is 0 Å². The maximum absolute atomic E-state index is 2.45. The molecule has 11 aromatic rings. The van der Waals surface area contributed by atoms with Gasteiger partial charge in [0.1, 0.15) is 0 Å². The van der Waals surface area contributed by atoms with Crippen LogP contribution in [-0.4, -0.2) is 0 Å². The van der Waals surface area contributed by atoms with Crippen molar-refractivity contribution in [2.75, 3.05) is 0 Å². The fourth-order valence-electron chi connectivity index (χ4n) is 10.6. The number of rotatable bonds is 6. The van der Waals surface area contributed by atoms with Crippen molar-refractivity contribution in [1.29, 1.82) is 0 Å². The van der Waals surface area contributed by atoms with Crippen molar-refractivity contribution in [2.24, 2.45) is 0 Å². The van der Waals surface area contributed by atoms with E-state index in [1.54, 1.807) is 0 Å². The Morgan fingerprint density at radius 3 is 1.21 bits per heavy atom. The van der Waals surface area contributed by atoms with E-state index in [9.17, 15) is 0 Å². The molecule has 0 nitrogen and oxygen atoms in total. The molecule has 0 heterocycles. The first kappa shape index (κ1) is 37.0. The lowest BCUT2D eigenvalue weighted by molar-refractivity contribution is 0.661. The van der Waals surface area contributed by atoms with E-state index in [1.807, 2.05) is 0 Å². The van der Waals surface area contributed by atoms with Crippen molar-refractivity contribution in [3.05, 3.63) is 242 Å². The summed E-state index contributed by atoms with van der Waals surface area (Å²) in [5, 5.41) is 7.52. The molecule has 12 rings (SSSR count). The van der Waals surface area contributed by atoms with Crippen molar-refractivity contribution in [2.45, 2.75) is 19.3 Å². The van der Waals surface area contributed by atoms with Gasteiger partial charge in [-0.25, -0.2) is 0 Å². The molecule has 0 fully saturated rings. The average Bonchev–Trinajstić information content (AvgIpc) is 3.57. The lowest BCUT2D eigenvalue weighted by Gasteiger charge is -2.23. The van der Waals surface area contributed by atoms with Crippen LogP contribution in [-0.2, 0) is 5.41 Å². The van der Waals surface area contributed by atoms with Gasteiger partial charge in [-0.05, 0) is 146 Å². The molecule has 0 aromatic heterocycles. The van der Waals surface area contributed by atoms with Gasteiger partial charge in [0.05, 0.1) is 0 Å². The highest BCUT2D eigenvalue weighted by Gasteiger charge is 2.36. The summed E-state index contributed by atoms with van der Waals surface area (Å²) in [7, 11) is 0. The molecule has 296 valence electrons. The predicted octanol–water partition coefficient (Wildman–Crippen LogP) is 17.5. The predicted molar refractivity (Wildman–Crippen MR) is 269 cm³/mol. The highest BCUT2D eigenvalue weighted by atomic mass is 14.4. The largest absolute Gasteiger partial charge is 0.0622 e. The molecule has 1 aliphatic rings. The zero-order valence-corrected chi connectivity index (χ0v) is 35.4. The Morgan fingerprint density at radius 2 is 0.635 bits per heavy atom. The van der Waals surface area contributed by atoms with Gasteiger partial charge in [0.25, 0.3) is 0 Å². The van der Waals surface area contributed by atoms with Gasteiger partial charge in [0.15, 0.2) is 0 Å². The first-order chi connectivity index (χ1) is 31.0. The van der Waals surface area contributed by atoms with Gasteiger partial charge in [-0.3, -0.25) is 0 Å². The molecule has 11 aromatic carbocycles. The minimum Gasteiger partial charge on any atom is -0.0622 e. The first-order valence-corrected chi connectivity index (χ1v) is 22.1. The van der Waals surface area contributed by atoms with E-state index in [4.69, 9.17) is 0 Å². The molecule has 1 aliphatic carbocycles. The van der Waals surface area contributed by atoms with E-state index in [0.717, 1.165) is 0 Å². The minimum atomic E-state index is -0.125. The third kappa shape index (κ3) is 6.05. The lowest BCUT2D eigenvalue weighted by atomic mass is 9.80. The molecular formula is C63H44. The number of hydrogen-bond acceptors (Lipinski definition) is 0. The molecule has 0 radical (unpaired) electrons. The molecule has 0 amide bonds. The molecule has 0 saturated heterocycles. The van der Waals surface area contributed by atoms with E-state index in [-0.39, 0.29) is 5.41 Å². The molecule has 0 aliphatic heterocycles. The van der Waals surface area contributed by atoms with Crippen LogP contribution in [0.25, 0.3) is 110 Å². The van der Waals surface area contributed by atoms with Gasteiger partial charge in [-0.1, -0.05) is 220 Å². The third-order valence-corrected chi connectivity index (χ3v) is 13.7. The highest BCUT2D eigenvalue weighted by molar-refractivity contribution is 6.21. The zero-order valence-electron chi connectivity index (χ0n) is 35.4. The smallest absolute Gasteiger partial charge is 0.0159 e. The van der Waals surface area contributed by atoms with Crippen molar-refractivity contribution >= 4 is 32.3 Å². The van der Waals surface area contributed by atoms with Gasteiger partial charge in [0.2, 0.25) is 0 Å². The second-order valence-corrected chi connectivity index (χ2v) is 17.6. The quantitative estimate of drug-likeness (QED) is 0.147. The standard InChI is InChI=1S/C63H44/c1-63(2)58-39-45(41-17-5-3-6-18-41)32-35-52(58)53-36-33-46(40-59(53)63)44-22-15-24-48(37-44)61-54-27-11-13-29-56(54)62(57-30-14-12-28-55(57)61)49-25-16-23-47(38-49)51-34-31-42-19-9-10-26-50(42)60(51)43-20-7-4-8-21-43/h3-40H,1-2H3. The molecule has 0 bridgehead atoms. The summed E-state index contributed by atoms with van der Waals surface area (Å²) in [5.41, 5.74) is 20.2. The molecule has 0 unspecified atom stereocenters. The van der Waals surface area contributed by atoms with Gasteiger partial charge in [-0.2, -0.15) is 0 Å². The van der Waals surface area contributed by atoms with Crippen LogP contribution in [0.15, 0.2) is 231 Å². The molecule has 0 atom stereocenters. The fraction of sp³-hybridized carbons (Fsp3) is 0.0476. The Labute approximate surface area is 369 Å². The Balaban J connectivity index is 0.982. The van der Waals surface area contributed by atoms with Crippen molar-refractivity contribution in [3.63, 3.8) is 0 Å². The molecule has 0 spiro atoms. The van der Waals surface area contributed by atoms with Crippen LogP contribution in [0.2, 0.25) is 0 Å². The van der Waals surface area contributed by atoms with Crippen LogP contribution in [0, 0.1) is 0 Å². The summed E-state index contributed by atoms with van der Waals surface area (Å²) in [4.78, 5) is 0. The number of benzene rings is 11. The maximum atomic E-state index is 2.45. The Bertz CT molecular complexity index is 3510. The van der Waals surface area contributed by atoms with Crippen LogP contribution in [0.5, 0.6) is 0 Å². The van der Waals surface area contributed by atoms with Crippen LogP contribution in [0.4, 0.5) is 0 Å². The molecular weight excluding hydrogens is 757 g/mol. The molecule has 63 heavy (non-hydrogen) atoms. The van der Waals surface area contributed by atoms with Gasteiger partial charge in [-0.15, -0.1) is 0 Å². The topological polar surface area (TPSA) is 0 Å². The van der Waals surface area contributed by atoms with Gasteiger partial charge in [0, 0.05) is 5.41 Å². The van der Waals surface area contributed by atoms with E-state index in [1.165, 1.54) is 121 Å². The second-order valence-electron chi connectivity index (χ2n) is 17.6. The Kier molecular flexibility index (Phi) is 8.63. The van der Waals surface area contributed by atoms with Crippen LogP contribution < -0.4 is 0 Å². The summed E-state index contributed by atoms with van der Waals surface area (Å²) in [6.07, 6.45) is 0. The molecule has 0 saturated carbocycles. The van der Waals surface area contributed by atoms with E-state index in [0.29, 0.717) is 0 Å². The van der Waals surface area contributed by atoms with Gasteiger partial charge >= 0.3 is 0 Å². The minimum absolute atomic E-state index is 0.125. The third-order valence-electron chi connectivity index (χ3n) is 13.7. The number of hydrogen-bond donors (Lipinski definition) is 0. The number of fused-ring (bicyclic) bond motifs is 6. The van der Waals surface area contributed by atoms with E-state index in [2.05, 4.69) is 244 Å². The zero-order chi connectivity index (χ0) is 42.1.